The van der Waals surface area contributed by atoms with Crippen LogP contribution in [0.3, 0.4) is 0 Å². The summed E-state index contributed by atoms with van der Waals surface area (Å²) < 4.78 is 1.94. The molecule has 4 rings (SSSR count). The highest BCUT2D eigenvalue weighted by Gasteiger charge is 2.35. The largest absolute Gasteiger partial charge is 0.342 e. The van der Waals surface area contributed by atoms with Gasteiger partial charge < -0.3 is 10.2 Å². The SMILES string of the molecule is Cn1cc2c(n1)CCCC2N[C@H]1CC[C@@H](C(=O)N2CCCC2)C1. The molecule has 1 saturated carbocycles. The summed E-state index contributed by atoms with van der Waals surface area (Å²) in [5.41, 5.74) is 2.65. The first-order valence-electron chi connectivity index (χ1n) is 9.28. The maximum atomic E-state index is 12.6. The first-order valence-corrected chi connectivity index (χ1v) is 9.28. The van der Waals surface area contributed by atoms with E-state index in [2.05, 4.69) is 21.5 Å². The number of aromatic nitrogens is 2. The molecular weight excluding hydrogens is 288 g/mol. The van der Waals surface area contributed by atoms with Crippen molar-refractivity contribution >= 4 is 5.91 Å². The molecule has 0 bridgehead atoms. The highest BCUT2D eigenvalue weighted by Crippen LogP contribution is 2.34. The van der Waals surface area contributed by atoms with Gasteiger partial charge in [-0.05, 0) is 51.4 Å². The summed E-state index contributed by atoms with van der Waals surface area (Å²) in [5, 5.41) is 8.43. The Morgan fingerprint density at radius 2 is 2.04 bits per heavy atom. The molecule has 2 aliphatic carbocycles. The van der Waals surface area contributed by atoms with Gasteiger partial charge in [-0.1, -0.05) is 0 Å². The lowest BCUT2D eigenvalue weighted by atomic mass is 9.92. The van der Waals surface area contributed by atoms with Crippen molar-refractivity contribution in [2.45, 2.75) is 63.5 Å². The van der Waals surface area contributed by atoms with Crippen LogP contribution in [0.5, 0.6) is 0 Å². The molecule has 1 unspecified atom stereocenters. The Labute approximate surface area is 138 Å². The highest BCUT2D eigenvalue weighted by atomic mass is 16.2. The smallest absolute Gasteiger partial charge is 0.225 e. The number of carbonyl (C=O) groups excluding carboxylic acids is 1. The summed E-state index contributed by atoms with van der Waals surface area (Å²) in [6.45, 7) is 1.96. The van der Waals surface area contributed by atoms with E-state index in [9.17, 15) is 4.79 Å². The van der Waals surface area contributed by atoms with Crippen LogP contribution in [0.4, 0.5) is 0 Å². The third-order valence-corrected chi connectivity index (χ3v) is 5.86. The molecule has 3 atom stereocenters. The lowest BCUT2D eigenvalue weighted by Gasteiger charge is -2.26. The molecule has 1 aromatic rings. The zero-order chi connectivity index (χ0) is 15.8. The van der Waals surface area contributed by atoms with Gasteiger partial charge in [0.15, 0.2) is 0 Å². The van der Waals surface area contributed by atoms with Crippen LogP contribution in [0, 0.1) is 5.92 Å². The van der Waals surface area contributed by atoms with Crippen molar-refractivity contribution in [2.75, 3.05) is 13.1 Å². The number of nitrogens with one attached hydrogen (secondary N) is 1. The average Bonchev–Trinajstić information content (AvgIpc) is 3.26. The number of aryl methyl sites for hydroxylation is 2. The van der Waals surface area contributed by atoms with E-state index in [4.69, 9.17) is 0 Å². The molecule has 0 spiro atoms. The molecular formula is C18H28N4O. The Balaban J connectivity index is 1.36. The Morgan fingerprint density at radius 1 is 1.22 bits per heavy atom. The molecule has 3 aliphatic rings. The second-order valence-electron chi connectivity index (χ2n) is 7.56. The topological polar surface area (TPSA) is 50.2 Å². The molecule has 1 amide bonds. The molecule has 0 aromatic carbocycles. The van der Waals surface area contributed by atoms with Crippen LogP contribution in [0.1, 0.15) is 62.2 Å². The lowest BCUT2D eigenvalue weighted by Crippen LogP contribution is -2.35. The molecule has 5 nitrogen and oxygen atoms in total. The van der Waals surface area contributed by atoms with Gasteiger partial charge in [0.25, 0.3) is 0 Å². The van der Waals surface area contributed by atoms with E-state index in [1.807, 2.05) is 11.7 Å². The van der Waals surface area contributed by atoms with Crippen molar-refractivity contribution in [3.8, 4) is 0 Å². The van der Waals surface area contributed by atoms with E-state index in [0.717, 1.165) is 38.8 Å². The summed E-state index contributed by atoms with van der Waals surface area (Å²) in [7, 11) is 2.01. The third kappa shape index (κ3) is 3.03. The number of likely N-dealkylation sites (tertiary alicyclic amines) is 1. The van der Waals surface area contributed by atoms with E-state index in [0.29, 0.717) is 18.0 Å². The van der Waals surface area contributed by atoms with Crippen molar-refractivity contribution in [3.63, 3.8) is 0 Å². The van der Waals surface area contributed by atoms with Gasteiger partial charge >= 0.3 is 0 Å². The van der Waals surface area contributed by atoms with Crippen LogP contribution in [0.15, 0.2) is 6.20 Å². The fourth-order valence-electron chi connectivity index (χ4n) is 4.68. The lowest BCUT2D eigenvalue weighted by molar-refractivity contribution is -0.134. The van der Waals surface area contributed by atoms with Crippen LogP contribution in [0.2, 0.25) is 0 Å². The van der Waals surface area contributed by atoms with Crippen LogP contribution in [-0.2, 0) is 18.3 Å². The van der Waals surface area contributed by atoms with Crippen molar-refractivity contribution in [3.05, 3.63) is 17.5 Å². The molecule has 2 fully saturated rings. The summed E-state index contributed by atoms with van der Waals surface area (Å²) >= 11 is 0. The van der Waals surface area contributed by atoms with E-state index < -0.39 is 0 Å². The molecule has 5 heteroatoms. The van der Waals surface area contributed by atoms with Crippen molar-refractivity contribution < 1.29 is 4.79 Å². The Hall–Kier alpha value is -1.36. The second-order valence-corrected chi connectivity index (χ2v) is 7.56. The predicted molar refractivity (Wildman–Crippen MR) is 89.0 cm³/mol. The zero-order valence-electron chi connectivity index (χ0n) is 14.1. The molecule has 2 heterocycles. The number of hydrogen-bond acceptors (Lipinski definition) is 3. The quantitative estimate of drug-likeness (QED) is 0.930. The van der Waals surface area contributed by atoms with Gasteiger partial charge in [-0.2, -0.15) is 5.10 Å². The minimum atomic E-state index is 0.252. The zero-order valence-corrected chi connectivity index (χ0v) is 14.1. The molecule has 1 aliphatic heterocycles. The van der Waals surface area contributed by atoms with Crippen LogP contribution < -0.4 is 5.32 Å². The Bertz CT molecular complexity index is 576. The van der Waals surface area contributed by atoms with Crippen LogP contribution >= 0.6 is 0 Å². The molecule has 1 saturated heterocycles. The standard InChI is InChI=1S/C18H28N4O/c1-21-12-15-16(5-4-6-17(15)20-21)19-14-8-7-13(11-14)18(23)22-9-2-3-10-22/h12-14,16,19H,2-11H2,1H3/t13-,14+,16?/m1/s1. The number of nitrogens with zero attached hydrogens (tertiary/aromatic N) is 3. The minimum Gasteiger partial charge on any atom is -0.342 e. The van der Waals surface area contributed by atoms with Gasteiger partial charge in [0.2, 0.25) is 5.91 Å². The van der Waals surface area contributed by atoms with E-state index in [1.54, 1.807) is 0 Å². The van der Waals surface area contributed by atoms with Crippen LogP contribution in [-0.4, -0.2) is 39.7 Å². The molecule has 1 aromatic heterocycles. The van der Waals surface area contributed by atoms with Gasteiger partial charge in [-0.15, -0.1) is 0 Å². The van der Waals surface area contributed by atoms with Crippen molar-refractivity contribution in [1.82, 2.24) is 20.0 Å². The number of amides is 1. The number of rotatable bonds is 3. The maximum absolute atomic E-state index is 12.6. The first kappa shape index (κ1) is 15.2. The fourth-order valence-corrected chi connectivity index (χ4v) is 4.68. The van der Waals surface area contributed by atoms with E-state index in [-0.39, 0.29) is 5.92 Å². The fraction of sp³-hybridized carbons (Fsp3) is 0.778. The Morgan fingerprint density at radius 3 is 2.87 bits per heavy atom. The maximum Gasteiger partial charge on any atom is 0.225 e. The minimum absolute atomic E-state index is 0.252. The number of carbonyl (C=O) groups is 1. The van der Waals surface area contributed by atoms with Crippen molar-refractivity contribution in [1.29, 1.82) is 0 Å². The summed E-state index contributed by atoms with van der Waals surface area (Å²) in [4.78, 5) is 14.7. The number of fused-ring (bicyclic) bond motifs is 1. The Kier molecular flexibility index (Phi) is 4.14. The van der Waals surface area contributed by atoms with Gasteiger partial charge in [0.1, 0.15) is 0 Å². The van der Waals surface area contributed by atoms with Gasteiger partial charge in [-0.3, -0.25) is 9.48 Å². The monoisotopic (exact) mass is 316 g/mol. The normalized spacial score (nSPS) is 30.7. The molecule has 1 N–H and O–H groups in total. The second kappa shape index (κ2) is 6.27. The van der Waals surface area contributed by atoms with Gasteiger partial charge in [0, 0.05) is 49.9 Å². The highest BCUT2D eigenvalue weighted by molar-refractivity contribution is 5.79. The van der Waals surface area contributed by atoms with E-state index in [1.165, 1.54) is 36.9 Å². The van der Waals surface area contributed by atoms with Gasteiger partial charge in [-0.25, -0.2) is 0 Å². The number of hydrogen-bond donors (Lipinski definition) is 1. The average molecular weight is 316 g/mol. The van der Waals surface area contributed by atoms with Gasteiger partial charge in [0.05, 0.1) is 5.69 Å². The summed E-state index contributed by atoms with van der Waals surface area (Å²) in [5.74, 6) is 0.667. The van der Waals surface area contributed by atoms with E-state index >= 15 is 0 Å². The summed E-state index contributed by atoms with van der Waals surface area (Å²) in [6.07, 6.45) is 11.3. The summed E-state index contributed by atoms with van der Waals surface area (Å²) in [6, 6.07) is 0.917. The van der Waals surface area contributed by atoms with Crippen LogP contribution in [0.25, 0.3) is 0 Å². The molecule has 23 heavy (non-hydrogen) atoms. The predicted octanol–water partition coefficient (Wildman–Crippen LogP) is 2.18. The molecule has 0 radical (unpaired) electrons. The molecule has 126 valence electrons. The third-order valence-electron chi connectivity index (χ3n) is 5.86. The first-order chi connectivity index (χ1) is 11.2. The van der Waals surface area contributed by atoms with Crippen molar-refractivity contribution in [2.24, 2.45) is 13.0 Å².